The highest BCUT2D eigenvalue weighted by Gasteiger charge is 2.12. The Labute approximate surface area is 133 Å². The summed E-state index contributed by atoms with van der Waals surface area (Å²) in [5.74, 6) is 0.540. The van der Waals surface area contributed by atoms with Crippen LogP contribution in [0.3, 0.4) is 0 Å². The van der Waals surface area contributed by atoms with E-state index in [4.69, 9.17) is 0 Å². The first kappa shape index (κ1) is 14.6. The molecular formula is C21H23N. The number of hydrogen-bond donors (Lipinski definition) is 0. The molecule has 22 heavy (non-hydrogen) atoms. The maximum absolute atomic E-state index is 2.33. The molecule has 0 N–H and O–H groups in total. The van der Waals surface area contributed by atoms with Gasteiger partial charge in [-0.05, 0) is 33.9 Å². The maximum Gasteiger partial charge on any atom is 0.0447 e. The van der Waals surface area contributed by atoms with E-state index in [1.165, 1.54) is 33.2 Å². The molecule has 0 radical (unpaired) electrons. The molecule has 1 nitrogen and oxygen atoms in total. The summed E-state index contributed by atoms with van der Waals surface area (Å²) in [5, 5.41) is 2.60. The second-order valence-electron chi connectivity index (χ2n) is 6.36. The molecule has 0 aliphatic rings. The second-order valence-corrected chi connectivity index (χ2v) is 6.36. The molecule has 0 aromatic heterocycles. The quantitative estimate of drug-likeness (QED) is 0.598. The third-order valence-corrected chi connectivity index (χ3v) is 4.23. The highest BCUT2D eigenvalue weighted by atomic mass is 15.1. The van der Waals surface area contributed by atoms with Gasteiger partial charge >= 0.3 is 0 Å². The molecule has 0 amide bonds. The van der Waals surface area contributed by atoms with Crippen LogP contribution in [-0.4, -0.2) is 14.1 Å². The molecule has 0 aliphatic carbocycles. The summed E-state index contributed by atoms with van der Waals surface area (Å²) >= 11 is 0. The SMILES string of the molecule is CC(C)c1cccc(-c2c(N(C)C)ccc3ccccc23)c1. The van der Waals surface area contributed by atoms with E-state index in [9.17, 15) is 0 Å². The van der Waals surface area contributed by atoms with Crippen LogP contribution in [0.4, 0.5) is 5.69 Å². The minimum absolute atomic E-state index is 0.540. The predicted octanol–water partition coefficient (Wildman–Crippen LogP) is 5.70. The summed E-state index contributed by atoms with van der Waals surface area (Å²) in [5.41, 5.74) is 5.27. The van der Waals surface area contributed by atoms with Crippen LogP contribution in [0.15, 0.2) is 60.7 Å². The van der Waals surface area contributed by atoms with Crippen LogP contribution in [0.1, 0.15) is 25.3 Å². The molecule has 0 heterocycles. The minimum Gasteiger partial charge on any atom is -0.377 e. The van der Waals surface area contributed by atoms with Gasteiger partial charge in [-0.25, -0.2) is 0 Å². The van der Waals surface area contributed by atoms with Gasteiger partial charge in [0.25, 0.3) is 0 Å². The van der Waals surface area contributed by atoms with Crippen molar-refractivity contribution in [2.45, 2.75) is 19.8 Å². The van der Waals surface area contributed by atoms with E-state index in [1.54, 1.807) is 0 Å². The summed E-state index contributed by atoms with van der Waals surface area (Å²) in [6.45, 7) is 4.49. The first-order chi connectivity index (χ1) is 10.6. The number of nitrogens with zero attached hydrogens (tertiary/aromatic N) is 1. The Morgan fingerprint density at radius 2 is 1.59 bits per heavy atom. The number of anilines is 1. The lowest BCUT2D eigenvalue weighted by atomic mass is 9.92. The Kier molecular flexibility index (Phi) is 3.89. The number of benzene rings is 3. The van der Waals surface area contributed by atoms with Crippen LogP contribution in [0.5, 0.6) is 0 Å². The average Bonchev–Trinajstić information content (AvgIpc) is 2.53. The van der Waals surface area contributed by atoms with E-state index < -0.39 is 0 Å². The van der Waals surface area contributed by atoms with E-state index >= 15 is 0 Å². The maximum atomic E-state index is 2.33. The van der Waals surface area contributed by atoms with Crippen molar-refractivity contribution in [1.82, 2.24) is 0 Å². The lowest BCUT2D eigenvalue weighted by Crippen LogP contribution is -2.10. The molecule has 112 valence electrons. The molecular weight excluding hydrogens is 266 g/mol. The van der Waals surface area contributed by atoms with Gasteiger partial charge in [-0.15, -0.1) is 0 Å². The molecule has 0 saturated carbocycles. The molecule has 0 fully saturated rings. The molecule has 0 aliphatic heterocycles. The van der Waals surface area contributed by atoms with Crippen molar-refractivity contribution >= 4 is 16.5 Å². The average molecular weight is 289 g/mol. The molecule has 3 rings (SSSR count). The molecule has 0 bridgehead atoms. The van der Waals surface area contributed by atoms with Crippen LogP contribution < -0.4 is 4.90 Å². The largest absolute Gasteiger partial charge is 0.377 e. The van der Waals surface area contributed by atoms with Crippen molar-refractivity contribution in [2.75, 3.05) is 19.0 Å². The van der Waals surface area contributed by atoms with Crippen LogP contribution in [0.25, 0.3) is 21.9 Å². The number of fused-ring (bicyclic) bond motifs is 1. The first-order valence-electron chi connectivity index (χ1n) is 7.87. The van der Waals surface area contributed by atoms with Gasteiger partial charge in [-0.3, -0.25) is 0 Å². The lowest BCUT2D eigenvalue weighted by molar-refractivity contribution is 0.867. The Morgan fingerprint density at radius 3 is 2.32 bits per heavy atom. The van der Waals surface area contributed by atoms with Crippen molar-refractivity contribution in [3.05, 3.63) is 66.2 Å². The van der Waals surface area contributed by atoms with E-state index in [0.29, 0.717) is 5.92 Å². The van der Waals surface area contributed by atoms with Gasteiger partial charge in [0, 0.05) is 25.3 Å². The highest BCUT2D eigenvalue weighted by Crippen LogP contribution is 2.37. The predicted molar refractivity (Wildman–Crippen MR) is 97.8 cm³/mol. The molecule has 1 heteroatoms. The smallest absolute Gasteiger partial charge is 0.0447 e. The van der Waals surface area contributed by atoms with E-state index in [1.807, 2.05) is 0 Å². The molecule has 0 saturated heterocycles. The Morgan fingerprint density at radius 1 is 0.818 bits per heavy atom. The Hall–Kier alpha value is -2.28. The summed E-state index contributed by atoms with van der Waals surface area (Å²) in [6, 6.07) is 22.0. The van der Waals surface area contributed by atoms with Gasteiger partial charge in [0.15, 0.2) is 0 Å². The Balaban J connectivity index is 2.32. The third kappa shape index (κ3) is 2.59. The Bertz CT molecular complexity index is 800. The lowest BCUT2D eigenvalue weighted by Gasteiger charge is -2.20. The topological polar surface area (TPSA) is 3.24 Å². The van der Waals surface area contributed by atoms with E-state index in [2.05, 4.69) is 93.5 Å². The zero-order chi connectivity index (χ0) is 15.7. The fourth-order valence-electron chi connectivity index (χ4n) is 2.99. The first-order valence-corrected chi connectivity index (χ1v) is 7.87. The molecule has 3 aromatic rings. The summed E-state index contributed by atoms with van der Waals surface area (Å²) in [7, 11) is 4.22. The van der Waals surface area contributed by atoms with Crippen molar-refractivity contribution in [3.63, 3.8) is 0 Å². The van der Waals surface area contributed by atoms with Crippen molar-refractivity contribution in [1.29, 1.82) is 0 Å². The highest BCUT2D eigenvalue weighted by molar-refractivity contribution is 6.03. The van der Waals surface area contributed by atoms with Gasteiger partial charge < -0.3 is 4.90 Å². The van der Waals surface area contributed by atoms with Gasteiger partial charge in [-0.2, -0.15) is 0 Å². The van der Waals surface area contributed by atoms with Crippen molar-refractivity contribution in [2.24, 2.45) is 0 Å². The molecule has 0 spiro atoms. The van der Waals surface area contributed by atoms with Crippen molar-refractivity contribution in [3.8, 4) is 11.1 Å². The van der Waals surface area contributed by atoms with Crippen molar-refractivity contribution < 1.29 is 0 Å². The monoisotopic (exact) mass is 289 g/mol. The number of hydrogen-bond acceptors (Lipinski definition) is 1. The third-order valence-electron chi connectivity index (χ3n) is 4.23. The van der Waals surface area contributed by atoms with Gasteiger partial charge in [0.2, 0.25) is 0 Å². The van der Waals surface area contributed by atoms with Crippen LogP contribution in [-0.2, 0) is 0 Å². The second kappa shape index (κ2) is 5.84. The normalized spacial score (nSPS) is 11.1. The fraction of sp³-hybridized carbons (Fsp3) is 0.238. The molecule has 0 atom stereocenters. The fourth-order valence-corrected chi connectivity index (χ4v) is 2.99. The van der Waals surface area contributed by atoms with Gasteiger partial charge in [0.05, 0.1) is 0 Å². The molecule has 3 aromatic carbocycles. The minimum atomic E-state index is 0.540. The summed E-state index contributed by atoms with van der Waals surface area (Å²) < 4.78 is 0. The zero-order valence-electron chi connectivity index (χ0n) is 13.8. The van der Waals surface area contributed by atoms with E-state index in [-0.39, 0.29) is 0 Å². The number of rotatable bonds is 3. The zero-order valence-corrected chi connectivity index (χ0v) is 13.8. The standard InChI is InChI=1S/C21H23N/c1-15(2)17-9-7-10-18(14-17)21-19-11-6-5-8-16(19)12-13-20(21)22(3)4/h5-15H,1-4H3. The molecule has 0 unspecified atom stereocenters. The summed E-state index contributed by atoms with van der Waals surface area (Å²) in [4.78, 5) is 2.20. The van der Waals surface area contributed by atoms with Crippen LogP contribution in [0, 0.1) is 0 Å². The van der Waals surface area contributed by atoms with Gasteiger partial charge in [0.1, 0.15) is 0 Å². The van der Waals surface area contributed by atoms with E-state index in [0.717, 1.165) is 0 Å². The van der Waals surface area contributed by atoms with Gasteiger partial charge in [-0.1, -0.05) is 68.4 Å². The van der Waals surface area contributed by atoms with Crippen LogP contribution >= 0.6 is 0 Å². The van der Waals surface area contributed by atoms with Crippen LogP contribution in [0.2, 0.25) is 0 Å². The summed E-state index contributed by atoms with van der Waals surface area (Å²) in [6.07, 6.45) is 0.